The first-order valence-corrected chi connectivity index (χ1v) is 7.47. The number of rotatable bonds is 4. The zero-order chi connectivity index (χ0) is 15.4. The summed E-state index contributed by atoms with van der Waals surface area (Å²) in [6.45, 7) is 4.40. The molecule has 0 spiro atoms. The summed E-state index contributed by atoms with van der Waals surface area (Å²) in [5, 5.41) is 6.55. The summed E-state index contributed by atoms with van der Waals surface area (Å²) in [4.78, 5) is 26.1. The topological polar surface area (TPSA) is 75.4 Å². The number of aryl methyl sites for hydroxylation is 2. The highest BCUT2D eigenvalue weighted by Gasteiger charge is 2.31. The first-order chi connectivity index (χ1) is 10.0. The van der Waals surface area contributed by atoms with Gasteiger partial charge in [-0.1, -0.05) is 5.16 Å². The molecule has 0 aliphatic carbocycles. The zero-order valence-electron chi connectivity index (χ0n) is 12.9. The fourth-order valence-electron chi connectivity index (χ4n) is 2.90. The van der Waals surface area contributed by atoms with Crippen LogP contribution in [0.1, 0.15) is 42.7 Å². The lowest BCUT2D eigenvalue weighted by Gasteiger charge is -2.34. The van der Waals surface area contributed by atoms with E-state index in [-0.39, 0.29) is 17.9 Å². The summed E-state index contributed by atoms with van der Waals surface area (Å²) in [6.07, 6.45) is 3.69. The van der Waals surface area contributed by atoms with E-state index in [1.54, 1.807) is 11.9 Å². The summed E-state index contributed by atoms with van der Waals surface area (Å²) in [7, 11) is 1.61. The molecule has 2 rings (SSSR count). The first-order valence-electron chi connectivity index (χ1n) is 7.47. The van der Waals surface area contributed by atoms with E-state index >= 15 is 0 Å². The summed E-state index contributed by atoms with van der Waals surface area (Å²) in [6, 6.07) is -0.319. The molecule has 0 unspecified atom stereocenters. The molecule has 1 aromatic rings. The monoisotopic (exact) mass is 293 g/mol. The molecule has 1 aromatic heterocycles. The molecule has 1 aliphatic heterocycles. The molecule has 1 atom stereocenters. The lowest BCUT2D eigenvalue weighted by molar-refractivity contribution is -0.142. The normalized spacial score (nSPS) is 18.6. The number of carbonyl (C=O) groups excluding carboxylic acids is 2. The molecule has 116 valence electrons. The van der Waals surface area contributed by atoms with Crippen LogP contribution in [0.25, 0.3) is 0 Å². The molecule has 1 fully saturated rings. The van der Waals surface area contributed by atoms with Crippen LogP contribution < -0.4 is 5.32 Å². The predicted octanol–water partition coefficient (Wildman–Crippen LogP) is 1.35. The van der Waals surface area contributed by atoms with Crippen molar-refractivity contribution < 1.29 is 14.1 Å². The van der Waals surface area contributed by atoms with Crippen molar-refractivity contribution in [2.75, 3.05) is 13.6 Å². The third kappa shape index (κ3) is 3.43. The summed E-state index contributed by atoms with van der Waals surface area (Å²) in [5.41, 5.74) is 1.83. The standard InChI is InChI=1S/C15H23N3O3/c1-10-12(11(2)21-17-10)7-8-14(19)18-9-5-4-6-13(18)15(20)16-3/h13H,4-9H2,1-3H3,(H,16,20)/t13-/m1/s1. The van der Waals surface area contributed by atoms with E-state index in [1.807, 2.05) is 13.8 Å². The van der Waals surface area contributed by atoms with Gasteiger partial charge in [-0.25, -0.2) is 0 Å². The maximum absolute atomic E-state index is 12.4. The van der Waals surface area contributed by atoms with Gasteiger partial charge in [0.1, 0.15) is 11.8 Å². The molecule has 1 N–H and O–H groups in total. The molecule has 0 saturated carbocycles. The SMILES string of the molecule is CNC(=O)[C@H]1CCCCN1C(=O)CCc1c(C)noc1C. The second-order valence-electron chi connectivity index (χ2n) is 5.52. The smallest absolute Gasteiger partial charge is 0.242 e. The minimum Gasteiger partial charge on any atom is -0.361 e. The van der Waals surface area contributed by atoms with Crippen molar-refractivity contribution >= 4 is 11.8 Å². The number of likely N-dealkylation sites (N-methyl/N-ethyl adjacent to an activating group) is 1. The Morgan fingerprint density at radius 1 is 1.38 bits per heavy atom. The van der Waals surface area contributed by atoms with Gasteiger partial charge in [-0.05, 0) is 39.5 Å². The van der Waals surface area contributed by atoms with Gasteiger partial charge in [0, 0.05) is 25.6 Å². The molecule has 6 heteroatoms. The van der Waals surface area contributed by atoms with E-state index in [2.05, 4.69) is 10.5 Å². The number of nitrogens with zero attached hydrogens (tertiary/aromatic N) is 2. The highest BCUT2D eigenvalue weighted by Crippen LogP contribution is 2.20. The van der Waals surface area contributed by atoms with E-state index in [0.717, 1.165) is 36.3 Å². The quantitative estimate of drug-likeness (QED) is 0.909. The lowest BCUT2D eigenvalue weighted by atomic mass is 10.00. The number of carbonyl (C=O) groups is 2. The van der Waals surface area contributed by atoms with Gasteiger partial charge in [-0.3, -0.25) is 9.59 Å². The van der Waals surface area contributed by atoms with Gasteiger partial charge in [0.05, 0.1) is 5.69 Å². The summed E-state index contributed by atoms with van der Waals surface area (Å²) in [5.74, 6) is 0.727. The average Bonchev–Trinajstić information content (AvgIpc) is 2.82. The van der Waals surface area contributed by atoms with Crippen molar-refractivity contribution in [3.8, 4) is 0 Å². The van der Waals surface area contributed by atoms with Crippen molar-refractivity contribution in [3.63, 3.8) is 0 Å². The van der Waals surface area contributed by atoms with Crippen LogP contribution in [-0.4, -0.2) is 41.5 Å². The Bertz CT molecular complexity index is 505. The zero-order valence-corrected chi connectivity index (χ0v) is 12.9. The number of piperidine rings is 1. The molecule has 21 heavy (non-hydrogen) atoms. The van der Waals surface area contributed by atoms with Crippen molar-refractivity contribution in [1.29, 1.82) is 0 Å². The molecule has 1 saturated heterocycles. The highest BCUT2D eigenvalue weighted by molar-refractivity contribution is 5.87. The van der Waals surface area contributed by atoms with Gasteiger partial charge in [-0.15, -0.1) is 0 Å². The fraction of sp³-hybridized carbons (Fsp3) is 0.667. The van der Waals surface area contributed by atoms with Crippen LogP contribution in [-0.2, 0) is 16.0 Å². The summed E-state index contributed by atoms with van der Waals surface area (Å²) < 4.78 is 5.11. The van der Waals surface area contributed by atoms with Gasteiger partial charge in [0.15, 0.2) is 0 Å². The van der Waals surface area contributed by atoms with Crippen molar-refractivity contribution in [3.05, 3.63) is 17.0 Å². The second kappa shape index (κ2) is 6.74. The Balaban J connectivity index is 1.99. The average molecular weight is 293 g/mol. The minimum absolute atomic E-state index is 0.0308. The molecule has 0 aromatic carbocycles. The van der Waals surface area contributed by atoms with Gasteiger partial charge in [0.2, 0.25) is 11.8 Å². The minimum atomic E-state index is -0.319. The number of hydrogen-bond acceptors (Lipinski definition) is 4. The third-order valence-electron chi connectivity index (χ3n) is 4.14. The van der Waals surface area contributed by atoms with Crippen LogP contribution in [0.2, 0.25) is 0 Å². The molecular formula is C15H23N3O3. The van der Waals surface area contributed by atoms with Crippen LogP contribution in [0.15, 0.2) is 4.52 Å². The van der Waals surface area contributed by atoms with Crippen LogP contribution in [0.4, 0.5) is 0 Å². The molecule has 2 amide bonds. The van der Waals surface area contributed by atoms with Crippen LogP contribution in [0.5, 0.6) is 0 Å². The maximum atomic E-state index is 12.4. The Labute approximate surface area is 124 Å². The summed E-state index contributed by atoms with van der Waals surface area (Å²) >= 11 is 0. The Kier molecular flexibility index (Phi) is 4.98. The van der Waals surface area contributed by atoms with Gasteiger partial charge >= 0.3 is 0 Å². The fourth-order valence-corrected chi connectivity index (χ4v) is 2.90. The molecule has 2 heterocycles. The molecule has 0 bridgehead atoms. The van der Waals surface area contributed by atoms with E-state index in [0.29, 0.717) is 19.4 Å². The number of nitrogens with one attached hydrogen (secondary N) is 1. The van der Waals surface area contributed by atoms with Gasteiger partial charge < -0.3 is 14.7 Å². The number of hydrogen-bond donors (Lipinski definition) is 1. The Morgan fingerprint density at radius 3 is 2.76 bits per heavy atom. The number of likely N-dealkylation sites (tertiary alicyclic amines) is 1. The molecular weight excluding hydrogens is 270 g/mol. The van der Waals surface area contributed by atoms with Crippen molar-refractivity contribution in [1.82, 2.24) is 15.4 Å². The molecule has 0 radical (unpaired) electrons. The predicted molar refractivity (Wildman–Crippen MR) is 77.7 cm³/mol. The molecule has 6 nitrogen and oxygen atoms in total. The Hall–Kier alpha value is -1.85. The molecule has 1 aliphatic rings. The van der Waals surface area contributed by atoms with E-state index in [4.69, 9.17) is 4.52 Å². The number of aromatic nitrogens is 1. The van der Waals surface area contributed by atoms with E-state index < -0.39 is 0 Å². The Morgan fingerprint density at radius 2 is 2.14 bits per heavy atom. The maximum Gasteiger partial charge on any atom is 0.242 e. The van der Waals surface area contributed by atoms with Crippen LogP contribution >= 0.6 is 0 Å². The van der Waals surface area contributed by atoms with Crippen LogP contribution in [0.3, 0.4) is 0 Å². The van der Waals surface area contributed by atoms with Crippen molar-refractivity contribution in [2.45, 2.75) is 52.0 Å². The van der Waals surface area contributed by atoms with Crippen LogP contribution in [0, 0.1) is 13.8 Å². The van der Waals surface area contributed by atoms with E-state index in [9.17, 15) is 9.59 Å². The van der Waals surface area contributed by atoms with Gasteiger partial charge in [-0.2, -0.15) is 0 Å². The largest absolute Gasteiger partial charge is 0.361 e. The van der Waals surface area contributed by atoms with Gasteiger partial charge in [0.25, 0.3) is 0 Å². The second-order valence-corrected chi connectivity index (χ2v) is 5.52. The lowest BCUT2D eigenvalue weighted by Crippen LogP contribution is -2.51. The number of amides is 2. The first kappa shape index (κ1) is 15.5. The van der Waals surface area contributed by atoms with Crippen molar-refractivity contribution in [2.24, 2.45) is 0 Å². The third-order valence-corrected chi connectivity index (χ3v) is 4.14. The van der Waals surface area contributed by atoms with E-state index in [1.165, 1.54) is 0 Å². The highest BCUT2D eigenvalue weighted by atomic mass is 16.5.